The molecule has 0 amide bonds. The van der Waals surface area contributed by atoms with E-state index < -0.39 is 0 Å². The molecule has 3 rings (SSSR count). The molecule has 0 saturated heterocycles. The molecule has 16 heavy (non-hydrogen) atoms. The molecule has 1 saturated carbocycles. The third kappa shape index (κ3) is 1.54. The third-order valence-corrected chi connectivity index (χ3v) is 3.58. The van der Waals surface area contributed by atoms with Gasteiger partial charge in [-0.2, -0.15) is 0 Å². The molecular weight excluding hydrogens is 198 g/mol. The fourth-order valence-electron chi connectivity index (χ4n) is 2.70. The number of aromatic nitrogens is 1. The Morgan fingerprint density at radius 3 is 2.69 bits per heavy atom. The van der Waals surface area contributed by atoms with Crippen molar-refractivity contribution in [3.05, 3.63) is 46.2 Å². The van der Waals surface area contributed by atoms with Gasteiger partial charge in [-0.05, 0) is 36.3 Å². The topological polar surface area (TPSA) is 32.9 Å². The zero-order chi connectivity index (χ0) is 11.0. The van der Waals surface area contributed by atoms with Gasteiger partial charge in [0.25, 0.3) is 5.56 Å². The minimum atomic E-state index is 0.102. The van der Waals surface area contributed by atoms with Gasteiger partial charge in [0.1, 0.15) is 0 Å². The van der Waals surface area contributed by atoms with Crippen molar-refractivity contribution in [1.82, 2.24) is 4.98 Å². The average molecular weight is 213 g/mol. The van der Waals surface area contributed by atoms with E-state index >= 15 is 0 Å². The summed E-state index contributed by atoms with van der Waals surface area (Å²) < 4.78 is 0. The van der Waals surface area contributed by atoms with Crippen LogP contribution in [0.15, 0.2) is 35.1 Å². The van der Waals surface area contributed by atoms with Crippen LogP contribution < -0.4 is 5.56 Å². The minimum absolute atomic E-state index is 0.102. The first kappa shape index (κ1) is 9.64. The summed E-state index contributed by atoms with van der Waals surface area (Å²) in [6, 6.07) is 10.1. The van der Waals surface area contributed by atoms with Crippen molar-refractivity contribution in [2.24, 2.45) is 0 Å². The molecule has 1 heterocycles. The summed E-state index contributed by atoms with van der Waals surface area (Å²) in [7, 11) is 0. The molecule has 0 atom stereocenters. The molecule has 1 aromatic heterocycles. The van der Waals surface area contributed by atoms with Crippen molar-refractivity contribution in [1.29, 1.82) is 0 Å². The smallest absolute Gasteiger partial charge is 0.251 e. The number of hydrogen-bond donors (Lipinski definition) is 1. The van der Waals surface area contributed by atoms with E-state index in [2.05, 4.69) is 17.1 Å². The second-order valence-electron chi connectivity index (χ2n) is 4.62. The van der Waals surface area contributed by atoms with E-state index in [1.54, 1.807) is 0 Å². The molecule has 0 radical (unpaired) electrons. The molecule has 2 heteroatoms. The lowest BCUT2D eigenvalue weighted by atomic mass is 9.98. The average Bonchev–Trinajstić information content (AvgIpc) is 2.81. The predicted molar refractivity (Wildman–Crippen MR) is 65.8 cm³/mol. The number of pyridine rings is 1. The maximum Gasteiger partial charge on any atom is 0.251 e. The number of aromatic amines is 1. The van der Waals surface area contributed by atoms with Crippen LogP contribution in [-0.4, -0.2) is 4.98 Å². The molecule has 2 nitrogen and oxygen atoms in total. The Morgan fingerprint density at radius 2 is 1.88 bits per heavy atom. The Bertz CT molecular complexity index is 564. The Morgan fingerprint density at radius 1 is 1.12 bits per heavy atom. The number of para-hydroxylation sites is 1. The fraction of sp³-hybridized carbons (Fsp3) is 0.357. The predicted octanol–water partition coefficient (Wildman–Crippen LogP) is 3.19. The normalized spacial score (nSPS) is 17.0. The van der Waals surface area contributed by atoms with Gasteiger partial charge < -0.3 is 4.98 Å². The summed E-state index contributed by atoms with van der Waals surface area (Å²) in [4.78, 5) is 14.9. The summed E-state index contributed by atoms with van der Waals surface area (Å²) >= 11 is 0. The molecule has 1 aliphatic carbocycles. The van der Waals surface area contributed by atoms with Gasteiger partial charge in [-0.25, -0.2) is 0 Å². The second-order valence-corrected chi connectivity index (χ2v) is 4.62. The molecule has 0 bridgehead atoms. The van der Waals surface area contributed by atoms with Crippen LogP contribution in [0.5, 0.6) is 0 Å². The molecule has 1 fully saturated rings. The molecule has 1 N–H and O–H groups in total. The van der Waals surface area contributed by atoms with Crippen molar-refractivity contribution < 1.29 is 0 Å². The molecule has 2 aromatic rings. The maximum atomic E-state index is 12.0. The number of nitrogens with one attached hydrogen (secondary N) is 1. The van der Waals surface area contributed by atoms with Crippen LogP contribution >= 0.6 is 0 Å². The Kier molecular flexibility index (Phi) is 2.28. The number of rotatable bonds is 1. The second kappa shape index (κ2) is 3.78. The summed E-state index contributed by atoms with van der Waals surface area (Å²) in [5, 5.41) is 1.14. The quantitative estimate of drug-likeness (QED) is 0.775. The zero-order valence-corrected chi connectivity index (χ0v) is 9.20. The third-order valence-electron chi connectivity index (χ3n) is 3.58. The van der Waals surface area contributed by atoms with Crippen molar-refractivity contribution >= 4 is 10.9 Å². The van der Waals surface area contributed by atoms with Crippen LogP contribution in [0.25, 0.3) is 10.9 Å². The molecule has 1 aliphatic rings. The molecule has 0 spiro atoms. The van der Waals surface area contributed by atoms with E-state index in [0.717, 1.165) is 16.5 Å². The maximum absolute atomic E-state index is 12.0. The van der Waals surface area contributed by atoms with Crippen molar-refractivity contribution in [3.63, 3.8) is 0 Å². The van der Waals surface area contributed by atoms with Crippen molar-refractivity contribution in [2.45, 2.75) is 31.6 Å². The fourth-order valence-corrected chi connectivity index (χ4v) is 2.70. The van der Waals surface area contributed by atoms with Crippen molar-refractivity contribution in [3.8, 4) is 0 Å². The lowest BCUT2D eigenvalue weighted by molar-refractivity contribution is 0.714. The SMILES string of the molecule is O=c1[nH]c2ccccc2cc1C1CCCC1. The van der Waals surface area contributed by atoms with Crippen LogP contribution in [0.2, 0.25) is 0 Å². The standard InChI is InChI=1S/C14H15NO/c16-14-12(10-5-1-2-6-10)9-11-7-3-4-8-13(11)15-14/h3-4,7-10H,1-2,5-6H2,(H,15,16). The van der Waals surface area contributed by atoms with E-state index in [-0.39, 0.29) is 5.56 Å². The Labute approximate surface area is 94.3 Å². The molecule has 0 aliphatic heterocycles. The summed E-state index contributed by atoms with van der Waals surface area (Å²) in [5.41, 5.74) is 2.02. The zero-order valence-electron chi connectivity index (χ0n) is 9.20. The first-order chi connectivity index (χ1) is 7.84. The first-order valence-corrected chi connectivity index (χ1v) is 5.96. The highest BCUT2D eigenvalue weighted by Gasteiger charge is 2.19. The molecule has 82 valence electrons. The minimum Gasteiger partial charge on any atom is -0.322 e. The largest absolute Gasteiger partial charge is 0.322 e. The number of benzene rings is 1. The highest BCUT2D eigenvalue weighted by Crippen LogP contribution is 2.32. The summed E-state index contributed by atoms with van der Waals surface area (Å²) in [6.45, 7) is 0. The van der Waals surface area contributed by atoms with E-state index in [1.165, 1.54) is 25.7 Å². The van der Waals surface area contributed by atoms with E-state index in [4.69, 9.17) is 0 Å². The van der Waals surface area contributed by atoms with E-state index in [9.17, 15) is 4.79 Å². The summed E-state index contributed by atoms with van der Waals surface area (Å²) in [6.07, 6.45) is 4.86. The Hall–Kier alpha value is -1.57. The van der Waals surface area contributed by atoms with Crippen LogP contribution in [0.3, 0.4) is 0 Å². The lowest BCUT2D eigenvalue weighted by Gasteiger charge is -2.09. The molecular formula is C14H15NO. The van der Waals surface area contributed by atoms with E-state index in [0.29, 0.717) is 5.92 Å². The van der Waals surface area contributed by atoms with Crippen LogP contribution in [0.1, 0.15) is 37.2 Å². The number of hydrogen-bond acceptors (Lipinski definition) is 1. The molecule has 1 aromatic carbocycles. The highest BCUT2D eigenvalue weighted by molar-refractivity contribution is 5.78. The van der Waals surface area contributed by atoms with Gasteiger partial charge >= 0.3 is 0 Å². The summed E-state index contributed by atoms with van der Waals surface area (Å²) in [5.74, 6) is 0.480. The van der Waals surface area contributed by atoms with Gasteiger partial charge in [-0.3, -0.25) is 4.79 Å². The monoisotopic (exact) mass is 213 g/mol. The van der Waals surface area contributed by atoms with Gasteiger partial charge in [0.15, 0.2) is 0 Å². The van der Waals surface area contributed by atoms with Gasteiger partial charge in [-0.15, -0.1) is 0 Å². The molecule has 0 unspecified atom stereocenters. The van der Waals surface area contributed by atoms with Gasteiger partial charge in [-0.1, -0.05) is 31.0 Å². The Balaban J connectivity index is 2.17. The van der Waals surface area contributed by atoms with Crippen molar-refractivity contribution in [2.75, 3.05) is 0 Å². The number of H-pyrrole nitrogens is 1. The number of fused-ring (bicyclic) bond motifs is 1. The van der Waals surface area contributed by atoms with Crippen LogP contribution in [0, 0.1) is 0 Å². The lowest BCUT2D eigenvalue weighted by Crippen LogP contribution is -2.14. The van der Waals surface area contributed by atoms with Gasteiger partial charge in [0, 0.05) is 11.1 Å². The first-order valence-electron chi connectivity index (χ1n) is 5.96. The van der Waals surface area contributed by atoms with Crippen LogP contribution in [0.4, 0.5) is 0 Å². The van der Waals surface area contributed by atoms with Crippen LogP contribution in [-0.2, 0) is 0 Å². The van der Waals surface area contributed by atoms with Gasteiger partial charge in [0.2, 0.25) is 0 Å². The van der Waals surface area contributed by atoms with Gasteiger partial charge in [0.05, 0.1) is 0 Å². The van der Waals surface area contributed by atoms with E-state index in [1.807, 2.05) is 18.2 Å². The highest BCUT2D eigenvalue weighted by atomic mass is 16.1.